The molecule has 36 heteroatoms. The zero-order valence-electron chi connectivity index (χ0n) is 45.1. The third kappa shape index (κ3) is 14.5. The molecule has 23 N–H and O–H groups in total. The topological polar surface area (TPSA) is 572 Å². The van der Waals surface area contributed by atoms with Crippen molar-refractivity contribution in [3.63, 3.8) is 0 Å². The quantitative estimate of drug-likeness (QED) is 0.0718. The van der Waals surface area contributed by atoms with Crippen LogP contribution in [0.15, 0.2) is 0 Å². The van der Waals surface area contributed by atoms with Crippen molar-refractivity contribution < 1.29 is 168 Å². The second-order valence-corrected chi connectivity index (χ2v) is 21.9. The molecular formula is C48H84N2O34. The highest BCUT2D eigenvalue weighted by Crippen LogP contribution is 2.39. The number of hydrogen-bond donors (Lipinski definition) is 22. The van der Waals surface area contributed by atoms with Crippen LogP contribution in [0.3, 0.4) is 0 Å². The lowest BCUT2D eigenvalue weighted by molar-refractivity contribution is -0.396. The van der Waals surface area contributed by atoms with Gasteiger partial charge in [-0.1, -0.05) is 12.8 Å². The van der Waals surface area contributed by atoms with E-state index >= 15 is 0 Å². The molecule has 0 radical (unpaired) electrons. The normalized spacial score (nSPS) is 51.8. The minimum Gasteiger partial charge on any atom is -0.394 e. The Morgan fingerprint density at radius 2 is 0.429 bits per heavy atom. The van der Waals surface area contributed by atoms with Crippen LogP contribution in [0.1, 0.15) is 25.7 Å². The summed E-state index contributed by atoms with van der Waals surface area (Å²) >= 11 is 0. The van der Waals surface area contributed by atoms with Crippen LogP contribution in [0.2, 0.25) is 0 Å². The van der Waals surface area contributed by atoms with Crippen molar-refractivity contribution in [3.8, 4) is 0 Å². The van der Waals surface area contributed by atoms with Crippen molar-refractivity contribution >= 4 is 0 Å². The molecular weight excluding hydrogens is 1150 g/mol. The minimum absolute atomic E-state index is 0.203. The van der Waals surface area contributed by atoms with Gasteiger partial charge < -0.3 is 179 Å². The van der Waals surface area contributed by atoms with Crippen LogP contribution in [-0.4, -0.2) is 376 Å². The Morgan fingerprint density at radius 3 is 0.631 bits per heavy atom. The smallest absolute Gasteiger partial charge is 0.187 e. The van der Waals surface area contributed by atoms with Crippen molar-refractivity contribution in [1.82, 2.24) is 5.32 Å². The summed E-state index contributed by atoms with van der Waals surface area (Å²) in [6.45, 7) is -5.54. The molecule has 21 aliphatic heterocycles. The van der Waals surface area contributed by atoms with E-state index in [0.29, 0.717) is 19.5 Å². The molecule has 0 spiro atoms. The summed E-state index contributed by atoms with van der Waals surface area (Å²) in [5, 5.41) is 226. The molecule has 21 heterocycles. The number of aliphatic hydroxyl groups is 20. The highest BCUT2D eigenvalue weighted by atomic mass is 16.8. The number of nitrogens with two attached hydrogens (primary N) is 1. The maximum atomic E-state index is 11.8. The van der Waals surface area contributed by atoms with Crippen molar-refractivity contribution in [1.29, 1.82) is 0 Å². The molecule has 0 aromatic carbocycles. The minimum atomic E-state index is -2.20. The van der Waals surface area contributed by atoms with Crippen molar-refractivity contribution in [3.05, 3.63) is 0 Å². The van der Waals surface area contributed by atoms with Gasteiger partial charge in [-0.05, 0) is 25.9 Å². The van der Waals surface area contributed by atoms with Crippen LogP contribution in [0.5, 0.6) is 0 Å². The molecule has 0 aromatic heterocycles. The summed E-state index contributed by atoms with van der Waals surface area (Å²) in [5.74, 6) is 0. The molecule has 21 saturated heterocycles. The molecule has 0 saturated carbocycles. The second kappa shape index (κ2) is 30.6. The van der Waals surface area contributed by atoms with Crippen molar-refractivity contribution in [2.45, 2.75) is 241 Å². The third-order valence-electron chi connectivity index (χ3n) is 16.3. The van der Waals surface area contributed by atoms with Crippen molar-refractivity contribution in [2.75, 3.05) is 59.3 Å². The second-order valence-electron chi connectivity index (χ2n) is 21.9. The van der Waals surface area contributed by atoms with E-state index in [1.165, 1.54) is 0 Å². The number of rotatable bonds is 14. The summed E-state index contributed by atoms with van der Waals surface area (Å²) in [7, 11) is 0. The molecule has 14 bridgehead atoms. The van der Waals surface area contributed by atoms with Crippen LogP contribution in [0.4, 0.5) is 0 Å². The van der Waals surface area contributed by atoms with Gasteiger partial charge in [-0.15, -0.1) is 0 Å². The first-order valence-corrected chi connectivity index (χ1v) is 27.9. The van der Waals surface area contributed by atoms with E-state index < -0.39 is 255 Å². The lowest BCUT2D eigenvalue weighted by Crippen LogP contribution is -2.68. The van der Waals surface area contributed by atoms with Crippen molar-refractivity contribution in [2.24, 2.45) is 5.73 Å². The predicted molar refractivity (Wildman–Crippen MR) is 262 cm³/mol. The molecule has 490 valence electrons. The summed E-state index contributed by atoms with van der Waals surface area (Å²) in [6.07, 6.45) is -66.0. The average molecular weight is 1230 g/mol. The van der Waals surface area contributed by atoms with Crippen LogP contribution in [0.25, 0.3) is 0 Å². The number of unbranched alkanes of at least 4 members (excludes halogenated alkanes) is 3. The lowest BCUT2D eigenvalue weighted by atomic mass is 9.95. The van der Waals surface area contributed by atoms with Crippen LogP contribution < -0.4 is 11.1 Å². The first-order chi connectivity index (χ1) is 40.2. The average Bonchev–Trinajstić information content (AvgIpc) is 2.01. The fourth-order valence-electron chi connectivity index (χ4n) is 11.4. The standard InChI is InChI=1S/C48H84N2O34/c49-5-3-1-2-4-6-50-7-14-35-21(57)28(64)42(71-14)79-36-15(8-51)73-44(30(66)23(36)59)81-38-17(10-53)75-46(32(68)25(38)61)83-40-19(12-55)77-48(34(70)27(40)63)84-41-20(13-56)76-47(33(69)26(41)62)82-39-18(11-54)74-45(31(67)24(39)60)80-37-16(9-52)72-43(78-35)29(65)22(37)58/h14-48,50-70H,1-13,49H2/t14-,15+,16-,17+,18-,19+,20-,21+,22+,23+,24+,25-,26+,27+,28+,29+,30-,31+,32-,33+,34+,35+,36+,37+,38+,39+,40+,41+,42+,43+,44+,45+,46+,47+,48+/m0/s1. The van der Waals surface area contributed by atoms with Gasteiger partial charge in [0.05, 0.1) is 39.6 Å². The van der Waals surface area contributed by atoms with Gasteiger partial charge in [-0.25, -0.2) is 0 Å². The molecule has 21 fully saturated rings. The fourth-order valence-corrected chi connectivity index (χ4v) is 11.4. The zero-order valence-corrected chi connectivity index (χ0v) is 45.1. The molecule has 0 amide bonds. The fraction of sp³-hybridized carbons (Fsp3) is 1.00. The Kier molecular flexibility index (Phi) is 24.9. The summed E-state index contributed by atoms with van der Waals surface area (Å²) in [6, 6.07) is 0. The van der Waals surface area contributed by atoms with Gasteiger partial charge in [0.1, 0.15) is 171 Å². The number of aliphatic hydroxyl groups excluding tert-OH is 20. The number of ether oxygens (including phenoxy) is 14. The molecule has 0 aliphatic carbocycles. The predicted octanol–water partition coefficient (Wildman–Crippen LogP) is -14.1. The Bertz CT molecular complexity index is 1950. The van der Waals surface area contributed by atoms with Gasteiger partial charge in [0.2, 0.25) is 0 Å². The third-order valence-corrected chi connectivity index (χ3v) is 16.3. The summed E-state index contributed by atoms with van der Waals surface area (Å²) < 4.78 is 81.3. The van der Waals surface area contributed by atoms with E-state index in [1.807, 2.05) is 0 Å². The largest absolute Gasteiger partial charge is 0.394 e. The van der Waals surface area contributed by atoms with Gasteiger partial charge in [-0.3, -0.25) is 0 Å². The van der Waals surface area contributed by atoms with E-state index in [1.54, 1.807) is 0 Å². The van der Waals surface area contributed by atoms with Crippen LogP contribution in [0, 0.1) is 0 Å². The van der Waals surface area contributed by atoms with E-state index in [2.05, 4.69) is 5.32 Å². The molecule has 84 heavy (non-hydrogen) atoms. The van der Waals surface area contributed by atoms with Crippen LogP contribution >= 0.6 is 0 Å². The van der Waals surface area contributed by atoms with Crippen LogP contribution in [-0.2, 0) is 66.3 Å². The van der Waals surface area contributed by atoms with Gasteiger partial charge in [-0.2, -0.15) is 0 Å². The molecule has 35 atom stereocenters. The Hall–Kier alpha value is -1.44. The van der Waals surface area contributed by atoms with Gasteiger partial charge in [0.15, 0.2) is 44.0 Å². The Labute approximate surface area is 478 Å². The maximum Gasteiger partial charge on any atom is 0.187 e. The monoisotopic (exact) mass is 1230 g/mol. The van der Waals surface area contributed by atoms with E-state index in [9.17, 15) is 102 Å². The van der Waals surface area contributed by atoms with Gasteiger partial charge in [0.25, 0.3) is 0 Å². The van der Waals surface area contributed by atoms with E-state index in [4.69, 9.17) is 72.0 Å². The molecule has 21 rings (SSSR count). The van der Waals surface area contributed by atoms with Gasteiger partial charge in [0, 0.05) is 6.54 Å². The highest BCUT2D eigenvalue weighted by molar-refractivity contribution is 5.02. The number of hydrogen-bond acceptors (Lipinski definition) is 36. The van der Waals surface area contributed by atoms with E-state index in [0.717, 1.165) is 19.3 Å². The first-order valence-electron chi connectivity index (χ1n) is 27.9. The van der Waals surface area contributed by atoms with E-state index in [-0.39, 0.29) is 6.54 Å². The Morgan fingerprint density at radius 1 is 0.238 bits per heavy atom. The summed E-state index contributed by atoms with van der Waals surface area (Å²) in [4.78, 5) is 0. The number of nitrogens with one attached hydrogen (secondary N) is 1. The molecule has 21 aliphatic rings. The highest BCUT2D eigenvalue weighted by Gasteiger charge is 2.59. The molecule has 36 nitrogen and oxygen atoms in total. The lowest BCUT2D eigenvalue weighted by Gasteiger charge is -2.50. The molecule has 0 aromatic rings. The first kappa shape index (κ1) is 68.5. The Balaban J connectivity index is 1.08. The SMILES string of the molecule is NCCCCCCNC[C@@H]1O[C@@H]2O[C@H]3[C@H](O)[C@H](O)[C@@H](O[C@H]4[C@@H](O)[C@H](O)[C@@H](O[C@H]5[C@H](O)[C@@H](O)[C@@H](O[C@H]6[C@H](O)[C@@H](O)[C@@H](O[C@H]7[C@H](O)[C@@H](O)[C@@H](O[C@H]8[C@H](O)[C@@H](O)[C@@H](O[C@H]1[C@H](O)[C@H]2O)O[C@H]8CO)O[C@H]7CO)O[C@H]6CO)O[C@@H]5CO)O[C@@H]4CO)O[C@@H]3CO. The zero-order chi connectivity index (χ0) is 61.0. The maximum absolute atomic E-state index is 11.8. The molecule has 0 unspecified atom stereocenters. The summed E-state index contributed by atoms with van der Waals surface area (Å²) in [5.41, 5.74) is 5.62. The van der Waals surface area contributed by atoms with Gasteiger partial charge >= 0.3 is 0 Å².